The monoisotopic (exact) mass is 366 g/mol. The first-order valence-electron chi connectivity index (χ1n) is 7.54. The largest absolute Gasteiger partial charge is 0.495 e. The highest BCUT2D eigenvalue weighted by Crippen LogP contribution is 2.35. The van der Waals surface area contributed by atoms with Crippen LogP contribution in [-0.4, -0.2) is 33.7 Å². The number of anilines is 2. The Hall–Kier alpha value is -2.06. The lowest BCUT2D eigenvalue weighted by Gasteiger charge is -2.29. The first-order chi connectivity index (χ1) is 11.5. The fraction of sp³-hybridized carbons (Fsp3) is 0.312. The van der Waals surface area contributed by atoms with Crippen LogP contribution in [0.25, 0.3) is 0 Å². The van der Waals surface area contributed by atoms with Gasteiger partial charge in [-0.3, -0.25) is 9.10 Å². The van der Waals surface area contributed by atoms with E-state index in [0.717, 1.165) is 6.42 Å². The Labute approximate surface area is 145 Å². The number of ether oxygens (including phenoxy) is 1. The lowest BCUT2D eigenvalue weighted by atomic mass is 10.2. The molecule has 1 aliphatic heterocycles. The third-order valence-corrected chi connectivity index (χ3v) is 6.52. The number of hydrogen-bond donors (Lipinski definition) is 1. The van der Waals surface area contributed by atoms with E-state index in [-0.39, 0.29) is 11.7 Å². The number of benzene rings is 1. The van der Waals surface area contributed by atoms with Crippen LogP contribution >= 0.6 is 11.3 Å². The summed E-state index contributed by atoms with van der Waals surface area (Å²) < 4.78 is 31.4. The van der Waals surface area contributed by atoms with Crippen molar-refractivity contribution in [3.05, 3.63) is 40.6 Å². The molecule has 1 N–H and O–H groups in total. The van der Waals surface area contributed by atoms with Crippen molar-refractivity contribution in [2.45, 2.75) is 12.8 Å². The number of nitrogens with zero attached hydrogens (tertiary/aromatic N) is 1. The molecule has 1 aromatic heterocycles. The molecule has 8 heteroatoms. The van der Waals surface area contributed by atoms with Crippen molar-refractivity contribution >= 4 is 38.6 Å². The molecule has 3 rings (SSSR count). The van der Waals surface area contributed by atoms with Gasteiger partial charge in [-0.25, -0.2) is 8.42 Å². The molecule has 1 saturated heterocycles. The Morgan fingerprint density at radius 2 is 2.12 bits per heavy atom. The minimum Gasteiger partial charge on any atom is -0.495 e. The highest BCUT2D eigenvalue weighted by atomic mass is 32.2. The van der Waals surface area contributed by atoms with Crippen LogP contribution < -0.4 is 14.4 Å². The number of nitrogens with one attached hydrogen (secondary N) is 1. The van der Waals surface area contributed by atoms with E-state index in [0.29, 0.717) is 35.0 Å². The summed E-state index contributed by atoms with van der Waals surface area (Å²) in [6.45, 7) is 0.418. The number of carbonyl (C=O) groups is 1. The average Bonchev–Trinajstić information content (AvgIpc) is 3.09. The predicted molar refractivity (Wildman–Crippen MR) is 95.6 cm³/mol. The Bertz CT molecular complexity index is 832. The molecule has 0 unspecified atom stereocenters. The zero-order valence-corrected chi connectivity index (χ0v) is 14.8. The van der Waals surface area contributed by atoms with Crippen LogP contribution in [0.1, 0.15) is 22.5 Å². The minimum atomic E-state index is -3.35. The van der Waals surface area contributed by atoms with Crippen LogP contribution in [-0.2, 0) is 10.0 Å². The van der Waals surface area contributed by atoms with Gasteiger partial charge in [-0.1, -0.05) is 6.07 Å². The Kier molecular flexibility index (Phi) is 4.77. The first kappa shape index (κ1) is 16.8. The van der Waals surface area contributed by atoms with Crippen LogP contribution in [0.5, 0.6) is 5.75 Å². The van der Waals surface area contributed by atoms with Crippen LogP contribution in [0.4, 0.5) is 11.4 Å². The molecule has 6 nitrogen and oxygen atoms in total. The summed E-state index contributed by atoms with van der Waals surface area (Å²) in [5.41, 5.74) is 0.992. The maximum absolute atomic E-state index is 12.4. The summed E-state index contributed by atoms with van der Waals surface area (Å²) in [7, 11) is -1.86. The zero-order chi connectivity index (χ0) is 17.2. The van der Waals surface area contributed by atoms with E-state index >= 15 is 0 Å². The van der Waals surface area contributed by atoms with Gasteiger partial charge < -0.3 is 10.1 Å². The van der Waals surface area contributed by atoms with E-state index in [4.69, 9.17) is 4.74 Å². The lowest BCUT2D eigenvalue weighted by Crippen LogP contribution is -2.38. The third-order valence-electron chi connectivity index (χ3n) is 3.80. The Morgan fingerprint density at radius 1 is 1.29 bits per heavy atom. The number of amides is 1. The van der Waals surface area contributed by atoms with Crippen LogP contribution in [0.3, 0.4) is 0 Å². The van der Waals surface area contributed by atoms with Gasteiger partial charge in [0.1, 0.15) is 5.75 Å². The van der Waals surface area contributed by atoms with Crippen molar-refractivity contribution < 1.29 is 17.9 Å². The smallest absolute Gasteiger partial charge is 0.265 e. The zero-order valence-electron chi connectivity index (χ0n) is 13.2. The van der Waals surface area contributed by atoms with Crippen molar-refractivity contribution in [3.63, 3.8) is 0 Å². The SMILES string of the molecule is COc1ccc(NC(=O)c2cccs2)cc1N1CCCCS1(=O)=O. The van der Waals surface area contributed by atoms with E-state index in [1.807, 2.05) is 5.38 Å². The lowest BCUT2D eigenvalue weighted by molar-refractivity contribution is 0.103. The van der Waals surface area contributed by atoms with Crippen molar-refractivity contribution in [2.24, 2.45) is 0 Å². The molecule has 0 aliphatic carbocycles. The molecule has 2 heterocycles. The van der Waals surface area contributed by atoms with Gasteiger partial charge in [0.05, 0.1) is 23.4 Å². The first-order valence-corrected chi connectivity index (χ1v) is 10.0. The van der Waals surface area contributed by atoms with Gasteiger partial charge in [-0.15, -0.1) is 11.3 Å². The number of sulfonamides is 1. The molecule has 1 fully saturated rings. The summed E-state index contributed by atoms with van der Waals surface area (Å²) in [5.74, 6) is 0.374. The van der Waals surface area contributed by atoms with E-state index in [1.165, 1.54) is 22.8 Å². The topological polar surface area (TPSA) is 75.7 Å². The van der Waals surface area contributed by atoms with Crippen LogP contribution in [0.2, 0.25) is 0 Å². The highest BCUT2D eigenvalue weighted by Gasteiger charge is 2.28. The molecule has 128 valence electrons. The molecule has 1 aliphatic rings. The summed E-state index contributed by atoms with van der Waals surface area (Å²) in [6, 6.07) is 8.56. The van der Waals surface area contributed by atoms with Crippen molar-refractivity contribution in [2.75, 3.05) is 29.0 Å². The fourth-order valence-corrected chi connectivity index (χ4v) is 4.88. The quantitative estimate of drug-likeness (QED) is 0.903. The third kappa shape index (κ3) is 3.39. The fourth-order valence-electron chi connectivity index (χ4n) is 2.62. The van der Waals surface area contributed by atoms with Crippen LogP contribution in [0, 0.1) is 0 Å². The molecule has 0 radical (unpaired) electrons. The molecule has 24 heavy (non-hydrogen) atoms. The maximum Gasteiger partial charge on any atom is 0.265 e. The molecular formula is C16H18N2O4S2. The molecule has 0 bridgehead atoms. The maximum atomic E-state index is 12.4. The van der Waals surface area contributed by atoms with E-state index < -0.39 is 10.0 Å². The Balaban J connectivity index is 1.92. The van der Waals surface area contributed by atoms with Gasteiger partial charge >= 0.3 is 0 Å². The summed E-state index contributed by atoms with van der Waals surface area (Å²) in [4.78, 5) is 12.8. The molecule has 1 amide bonds. The van der Waals surface area contributed by atoms with E-state index in [9.17, 15) is 13.2 Å². The summed E-state index contributed by atoms with van der Waals surface area (Å²) in [5, 5.41) is 4.62. The van der Waals surface area contributed by atoms with Crippen molar-refractivity contribution in [3.8, 4) is 5.75 Å². The van der Waals surface area contributed by atoms with Gasteiger partial charge in [-0.05, 0) is 42.5 Å². The second-order valence-corrected chi connectivity index (χ2v) is 8.37. The van der Waals surface area contributed by atoms with Crippen LogP contribution in [0.15, 0.2) is 35.7 Å². The van der Waals surface area contributed by atoms with Crippen molar-refractivity contribution in [1.82, 2.24) is 0 Å². The molecular weight excluding hydrogens is 348 g/mol. The predicted octanol–water partition coefficient (Wildman–Crippen LogP) is 2.94. The normalized spacial score (nSPS) is 16.6. The van der Waals surface area contributed by atoms with E-state index in [2.05, 4.69) is 5.32 Å². The number of methoxy groups -OCH3 is 1. The van der Waals surface area contributed by atoms with Crippen molar-refractivity contribution in [1.29, 1.82) is 0 Å². The highest BCUT2D eigenvalue weighted by molar-refractivity contribution is 7.92. The number of carbonyl (C=O) groups excluding carboxylic acids is 1. The number of thiophene rings is 1. The molecule has 0 spiro atoms. The second kappa shape index (κ2) is 6.82. The summed E-state index contributed by atoms with van der Waals surface area (Å²) >= 11 is 1.35. The molecule has 1 aromatic carbocycles. The average molecular weight is 366 g/mol. The molecule has 0 saturated carbocycles. The Morgan fingerprint density at radius 3 is 2.79 bits per heavy atom. The molecule has 0 atom stereocenters. The van der Waals surface area contributed by atoms with Gasteiger partial charge in [0.25, 0.3) is 5.91 Å². The molecule has 2 aromatic rings. The van der Waals surface area contributed by atoms with Gasteiger partial charge in [-0.2, -0.15) is 0 Å². The van der Waals surface area contributed by atoms with Gasteiger partial charge in [0.2, 0.25) is 10.0 Å². The number of hydrogen-bond acceptors (Lipinski definition) is 5. The minimum absolute atomic E-state index is 0.127. The van der Waals surface area contributed by atoms with E-state index in [1.54, 1.807) is 30.3 Å². The van der Waals surface area contributed by atoms with Gasteiger partial charge in [0.15, 0.2) is 0 Å². The van der Waals surface area contributed by atoms with Gasteiger partial charge in [0, 0.05) is 12.2 Å². The standard InChI is InChI=1S/C16H18N2O4S2/c1-22-14-7-6-12(17-16(19)15-5-4-9-23-15)11-13(14)18-8-2-3-10-24(18,20)21/h4-7,9,11H,2-3,8,10H2,1H3,(H,17,19). The number of rotatable bonds is 4. The second-order valence-electron chi connectivity index (χ2n) is 5.41. The summed E-state index contributed by atoms with van der Waals surface area (Å²) in [6.07, 6.45) is 1.46.